The van der Waals surface area contributed by atoms with E-state index in [2.05, 4.69) is 10.2 Å². The molecule has 1 amide bonds. The summed E-state index contributed by atoms with van der Waals surface area (Å²) in [6.07, 6.45) is 1.94. The number of hydrogen-bond acceptors (Lipinski definition) is 7. The molecular weight excluding hydrogens is 378 g/mol. The van der Waals surface area contributed by atoms with Gasteiger partial charge < -0.3 is 18.8 Å². The number of ether oxygens (including phenoxy) is 2. The lowest BCUT2D eigenvalue weighted by atomic mass is 9.97. The summed E-state index contributed by atoms with van der Waals surface area (Å²) in [7, 11) is 0. The van der Waals surface area contributed by atoms with Gasteiger partial charge in [-0.05, 0) is 30.5 Å². The van der Waals surface area contributed by atoms with Gasteiger partial charge in [0.05, 0.1) is 11.8 Å². The molecule has 28 heavy (non-hydrogen) atoms. The van der Waals surface area contributed by atoms with Gasteiger partial charge in [0, 0.05) is 12.0 Å². The molecule has 0 saturated carbocycles. The van der Waals surface area contributed by atoms with Crippen molar-refractivity contribution in [3.63, 3.8) is 0 Å². The Morgan fingerprint density at radius 2 is 2.00 bits per heavy atom. The van der Waals surface area contributed by atoms with Crippen molar-refractivity contribution in [1.29, 1.82) is 0 Å². The van der Waals surface area contributed by atoms with E-state index >= 15 is 0 Å². The van der Waals surface area contributed by atoms with Gasteiger partial charge in [-0.1, -0.05) is 38.6 Å². The molecule has 0 unspecified atom stereocenters. The van der Waals surface area contributed by atoms with E-state index in [1.165, 1.54) is 11.8 Å². The second-order valence-corrected chi connectivity index (χ2v) is 8.99. The minimum atomic E-state index is -0.200. The van der Waals surface area contributed by atoms with Crippen molar-refractivity contribution in [3.05, 3.63) is 29.7 Å². The van der Waals surface area contributed by atoms with Crippen LogP contribution in [0.15, 0.2) is 27.8 Å². The second kappa shape index (κ2) is 7.66. The maximum absolute atomic E-state index is 12.9. The first-order valence-corrected chi connectivity index (χ1v) is 10.6. The van der Waals surface area contributed by atoms with Crippen molar-refractivity contribution in [2.24, 2.45) is 0 Å². The fourth-order valence-corrected chi connectivity index (χ4v) is 4.11. The van der Waals surface area contributed by atoms with Crippen molar-refractivity contribution < 1.29 is 18.7 Å². The first-order valence-electron chi connectivity index (χ1n) is 9.57. The van der Waals surface area contributed by atoms with Gasteiger partial charge in [-0.15, -0.1) is 10.2 Å². The average Bonchev–Trinajstić information content (AvgIpc) is 3.35. The fraction of sp³-hybridized carbons (Fsp3) is 0.550. The van der Waals surface area contributed by atoms with Gasteiger partial charge in [-0.25, -0.2) is 0 Å². The highest BCUT2D eigenvalue weighted by Gasteiger charge is 2.31. The van der Waals surface area contributed by atoms with E-state index in [4.69, 9.17) is 13.9 Å². The highest BCUT2D eigenvalue weighted by molar-refractivity contribution is 7.99. The van der Waals surface area contributed by atoms with Crippen LogP contribution in [0.4, 0.5) is 0 Å². The third-order valence-electron chi connectivity index (χ3n) is 4.89. The predicted octanol–water partition coefficient (Wildman–Crippen LogP) is 3.59. The normalized spacial score (nSPS) is 19.1. The summed E-state index contributed by atoms with van der Waals surface area (Å²) in [5, 5.41) is 8.57. The monoisotopic (exact) mass is 403 g/mol. The molecule has 0 spiro atoms. The van der Waals surface area contributed by atoms with Crippen LogP contribution in [-0.4, -0.2) is 46.5 Å². The molecule has 2 aliphatic heterocycles. The Balaban J connectivity index is 1.42. The minimum Gasteiger partial charge on any atom is -0.486 e. The first-order chi connectivity index (χ1) is 13.4. The molecule has 1 atom stereocenters. The van der Waals surface area contributed by atoms with E-state index in [1.54, 1.807) is 0 Å². The molecule has 3 heterocycles. The van der Waals surface area contributed by atoms with Crippen LogP contribution in [0, 0.1) is 0 Å². The van der Waals surface area contributed by atoms with Crippen LogP contribution >= 0.6 is 11.8 Å². The van der Waals surface area contributed by atoms with Crippen LogP contribution in [0.5, 0.6) is 11.5 Å². The molecule has 1 saturated heterocycles. The second-order valence-electron chi connectivity index (χ2n) is 8.06. The SMILES string of the molecule is CC(C)(C)c1nnc(SCC(=O)N2CCC[C@@H]2c2ccc3c(c2)OCCO3)o1. The minimum absolute atomic E-state index is 0.0664. The summed E-state index contributed by atoms with van der Waals surface area (Å²) in [6.45, 7) is 7.94. The number of amides is 1. The number of aromatic nitrogens is 2. The Morgan fingerprint density at radius 1 is 1.21 bits per heavy atom. The van der Waals surface area contributed by atoms with Crippen molar-refractivity contribution in [2.45, 2.75) is 50.3 Å². The Bertz CT molecular complexity index is 861. The number of rotatable bonds is 4. The molecule has 0 bridgehead atoms. The molecule has 0 N–H and O–H groups in total. The summed E-state index contributed by atoms with van der Waals surface area (Å²) < 4.78 is 17.0. The van der Waals surface area contributed by atoms with Gasteiger partial charge in [0.25, 0.3) is 5.22 Å². The van der Waals surface area contributed by atoms with Gasteiger partial charge >= 0.3 is 0 Å². The quantitative estimate of drug-likeness (QED) is 0.722. The molecule has 8 heteroatoms. The number of likely N-dealkylation sites (tertiary alicyclic amines) is 1. The summed E-state index contributed by atoms with van der Waals surface area (Å²) in [4.78, 5) is 14.8. The van der Waals surface area contributed by atoms with E-state index in [1.807, 2.05) is 43.9 Å². The zero-order valence-electron chi connectivity index (χ0n) is 16.4. The Hall–Kier alpha value is -2.22. The molecule has 2 aromatic rings. The maximum Gasteiger partial charge on any atom is 0.277 e. The van der Waals surface area contributed by atoms with E-state index < -0.39 is 0 Å². The summed E-state index contributed by atoms with van der Waals surface area (Å²) in [5.74, 6) is 2.48. The van der Waals surface area contributed by atoms with Crippen LogP contribution in [0.3, 0.4) is 0 Å². The summed E-state index contributed by atoms with van der Waals surface area (Å²) >= 11 is 1.30. The first kappa shape index (κ1) is 19.1. The van der Waals surface area contributed by atoms with Gasteiger partial charge in [0.1, 0.15) is 13.2 Å². The Kier molecular flexibility index (Phi) is 5.23. The highest BCUT2D eigenvalue weighted by Crippen LogP contribution is 2.38. The molecule has 4 rings (SSSR count). The lowest BCUT2D eigenvalue weighted by Crippen LogP contribution is -2.32. The predicted molar refractivity (Wildman–Crippen MR) is 105 cm³/mol. The molecule has 1 aromatic heterocycles. The zero-order valence-corrected chi connectivity index (χ0v) is 17.3. The maximum atomic E-state index is 12.9. The topological polar surface area (TPSA) is 77.7 Å². The van der Waals surface area contributed by atoms with Crippen molar-refractivity contribution in [2.75, 3.05) is 25.5 Å². The lowest BCUT2D eigenvalue weighted by Gasteiger charge is -2.26. The average molecular weight is 404 g/mol. The standard InChI is InChI=1S/C20H25N3O4S/c1-20(2,3)18-21-22-19(27-18)28-12-17(24)23-8-4-5-14(23)13-6-7-15-16(11-13)26-10-9-25-15/h6-7,11,14H,4-5,8-10,12H2,1-3H3/t14-/m1/s1. The molecule has 7 nitrogen and oxygen atoms in total. The van der Waals surface area contributed by atoms with Gasteiger partial charge in [0.15, 0.2) is 11.5 Å². The van der Waals surface area contributed by atoms with Crippen LogP contribution in [0.2, 0.25) is 0 Å². The summed E-state index contributed by atoms with van der Waals surface area (Å²) in [5.41, 5.74) is 0.890. The Morgan fingerprint density at radius 3 is 2.75 bits per heavy atom. The molecule has 1 aromatic carbocycles. The number of fused-ring (bicyclic) bond motifs is 1. The third kappa shape index (κ3) is 3.97. The van der Waals surface area contributed by atoms with E-state index in [0.717, 1.165) is 36.4 Å². The van der Waals surface area contributed by atoms with Crippen LogP contribution in [-0.2, 0) is 10.2 Å². The molecule has 0 aliphatic carbocycles. The lowest BCUT2D eigenvalue weighted by molar-refractivity contribution is -0.129. The van der Waals surface area contributed by atoms with Crippen molar-refractivity contribution in [3.8, 4) is 11.5 Å². The number of benzene rings is 1. The molecule has 150 valence electrons. The third-order valence-corrected chi connectivity index (χ3v) is 5.69. The smallest absolute Gasteiger partial charge is 0.277 e. The van der Waals surface area contributed by atoms with Gasteiger partial charge in [-0.3, -0.25) is 4.79 Å². The molecule has 2 aliphatic rings. The Labute approximate surface area is 168 Å². The van der Waals surface area contributed by atoms with E-state index in [-0.39, 0.29) is 23.1 Å². The number of carbonyl (C=O) groups is 1. The molecule has 0 radical (unpaired) electrons. The number of carbonyl (C=O) groups excluding carboxylic acids is 1. The van der Waals surface area contributed by atoms with Crippen molar-refractivity contribution in [1.82, 2.24) is 15.1 Å². The molecule has 1 fully saturated rings. The van der Waals surface area contributed by atoms with Gasteiger partial charge in [0.2, 0.25) is 11.8 Å². The largest absolute Gasteiger partial charge is 0.486 e. The number of hydrogen-bond donors (Lipinski definition) is 0. The van der Waals surface area contributed by atoms with E-state index in [9.17, 15) is 4.79 Å². The van der Waals surface area contributed by atoms with Crippen molar-refractivity contribution >= 4 is 17.7 Å². The zero-order chi connectivity index (χ0) is 19.7. The summed E-state index contributed by atoms with van der Waals surface area (Å²) in [6, 6.07) is 6.04. The number of nitrogens with zero attached hydrogens (tertiary/aromatic N) is 3. The van der Waals surface area contributed by atoms with Gasteiger partial charge in [-0.2, -0.15) is 0 Å². The van der Waals surface area contributed by atoms with Crippen LogP contribution < -0.4 is 9.47 Å². The highest BCUT2D eigenvalue weighted by atomic mass is 32.2. The fourth-order valence-electron chi connectivity index (χ4n) is 3.46. The molecular formula is C20H25N3O4S. The van der Waals surface area contributed by atoms with Crippen LogP contribution in [0.25, 0.3) is 0 Å². The van der Waals surface area contributed by atoms with Crippen LogP contribution in [0.1, 0.15) is 51.1 Å². The number of thioether (sulfide) groups is 1. The van der Waals surface area contributed by atoms with E-state index in [0.29, 0.717) is 24.3 Å².